The molecule has 0 radical (unpaired) electrons. The fourth-order valence-corrected chi connectivity index (χ4v) is 2.23. The van der Waals surface area contributed by atoms with Crippen molar-refractivity contribution in [1.82, 2.24) is 4.98 Å². The van der Waals surface area contributed by atoms with Crippen molar-refractivity contribution in [2.75, 3.05) is 10.6 Å². The van der Waals surface area contributed by atoms with Crippen LogP contribution in [-0.4, -0.2) is 10.9 Å². The van der Waals surface area contributed by atoms with E-state index in [0.717, 1.165) is 17.1 Å². The molecule has 1 heterocycles. The molecule has 4 nitrogen and oxygen atoms in total. The van der Waals surface area contributed by atoms with E-state index in [1.54, 1.807) is 24.5 Å². The van der Waals surface area contributed by atoms with E-state index in [0.29, 0.717) is 5.56 Å². The first kappa shape index (κ1) is 14.8. The average Bonchev–Trinajstić information content (AvgIpc) is 2.57. The molecule has 3 aromatic rings. The number of nitrogens with one attached hydrogen (secondary N) is 2. The van der Waals surface area contributed by atoms with Crippen molar-refractivity contribution in [2.45, 2.75) is 6.92 Å². The second-order valence-electron chi connectivity index (χ2n) is 5.27. The Kier molecular flexibility index (Phi) is 4.34. The SMILES string of the molecule is Cc1cccc(Nc2ccc(NC(=O)c3cccnc3)cc2)c1. The van der Waals surface area contributed by atoms with Gasteiger partial charge in [-0.15, -0.1) is 0 Å². The van der Waals surface area contributed by atoms with Crippen molar-refractivity contribution >= 4 is 23.0 Å². The molecular weight excluding hydrogens is 286 g/mol. The van der Waals surface area contributed by atoms with Crippen LogP contribution in [0.3, 0.4) is 0 Å². The van der Waals surface area contributed by atoms with Crippen molar-refractivity contribution < 1.29 is 4.79 Å². The summed E-state index contributed by atoms with van der Waals surface area (Å²) in [5.74, 6) is -0.169. The zero-order valence-electron chi connectivity index (χ0n) is 12.8. The van der Waals surface area contributed by atoms with Crippen molar-refractivity contribution in [3.63, 3.8) is 0 Å². The molecule has 0 atom stereocenters. The molecular formula is C19H17N3O. The predicted molar refractivity (Wildman–Crippen MR) is 93.1 cm³/mol. The minimum absolute atomic E-state index is 0.169. The number of aromatic nitrogens is 1. The third-order valence-electron chi connectivity index (χ3n) is 3.37. The molecule has 0 aliphatic carbocycles. The maximum atomic E-state index is 12.1. The van der Waals surface area contributed by atoms with E-state index >= 15 is 0 Å². The molecule has 0 bridgehead atoms. The van der Waals surface area contributed by atoms with Crippen molar-refractivity contribution in [1.29, 1.82) is 0 Å². The quantitative estimate of drug-likeness (QED) is 0.751. The van der Waals surface area contributed by atoms with Gasteiger partial charge in [0, 0.05) is 29.5 Å². The van der Waals surface area contributed by atoms with Crippen LogP contribution in [0.15, 0.2) is 73.1 Å². The third kappa shape index (κ3) is 3.95. The van der Waals surface area contributed by atoms with Gasteiger partial charge in [0.2, 0.25) is 0 Å². The lowest BCUT2D eigenvalue weighted by molar-refractivity contribution is 0.102. The average molecular weight is 303 g/mol. The van der Waals surface area contributed by atoms with Crippen LogP contribution in [0.25, 0.3) is 0 Å². The summed E-state index contributed by atoms with van der Waals surface area (Å²) in [6.45, 7) is 2.06. The number of benzene rings is 2. The number of amides is 1. The highest BCUT2D eigenvalue weighted by Crippen LogP contribution is 2.20. The number of hydrogen-bond donors (Lipinski definition) is 2. The first-order valence-electron chi connectivity index (χ1n) is 7.36. The molecule has 0 spiro atoms. The Bertz CT molecular complexity index is 798. The molecule has 1 aromatic heterocycles. The minimum Gasteiger partial charge on any atom is -0.356 e. The molecule has 0 unspecified atom stereocenters. The molecule has 4 heteroatoms. The second kappa shape index (κ2) is 6.75. The van der Waals surface area contributed by atoms with Gasteiger partial charge in [-0.2, -0.15) is 0 Å². The number of rotatable bonds is 4. The van der Waals surface area contributed by atoms with Crippen molar-refractivity contribution in [3.05, 3.63) is 84.2 Å². The van der Waals surface area contributed by atoms with Gasteiger partial charge < -0.3 is 10.6 Å². The van der Waals surface area contributed by atoms with Crippen molar-refractivity contribution in [3.8, 4) is 0 Å². The third-order valence-corrected chi connectivity index (χ3v) is 3.37. The largest absolute Gasteiger partial charge is 0.356 e. The van der Waals surface area contributed by atoms with Crippen LogP contribution in [-0.2, 0) is 0 Å². The molecule has 114 valence electrons. The van der Waals surface area contributed by atoms with Crippen LogP contribution < -0.4 is 10.6 Å². The summed E-state index contributed by atoms with van der Waals surface area (Å²) >= 11 is 0. The molecule has 2 aromatic carbocycles. The second-order valence-corrected chi connectivity index (χ2v) is 5.27. The number of aryl methyl sites for hydroxylation is 1. The highest BCUT2D eigenvalue weighted by atomic mass is 16.1. The molecule has 0 fully saturated rings. The van der Waals surface area contributed by atoms with Gasteiger partial charge in [-0.25, -0.2) is 0 Å². The number of hydrogen-bond acceptors (Lipinski definition) is 3. The molecule has 2 N–H and O–H groups in total. The van der Waals surface area contributed by atoms with Gasteiger partial charge in [0.15, 0.2) is 0 Å². The Balaban J connectivity index is 1.66. The van der Waals surface area contributed by atoms with Crippen LogP contribution in [0, 0.1) is 6.92 Å². The van der Waals surface area contributed by atoms with E-state index < -0.39 is 0 Å². The maximum Gasteiger partial charge on any atom is 0.257 e. The van der Waals surface area contributed by atoms with Gasteiger partial charge >= 0.3 is 0 Å². The Labute approximate surface area is 135 Å². The summed E-state index contributed by atoms with van der Waals surface area (Å²) in [6.07, 6.45) is 3.19. The van der Waals surface area contributed by atoms with Gasteiger partial charge in [-0.1, -0.05) is 12.1 Å². The number of carbonyl (C=O) groups excluding carboxylic acids is 1. The van der Waals surface area contributed by atoms with E-state index in [2.05, 4.69) is 34.7 Å². The molecule has 0 saturated carbocycles. The topological polar surface area (TPSA) is 54.0 Å². The molecule has 1 amide bonds. The Morgan fingerprint density at radius 1 is 0.913 bits per heavy atom. The predicted octanol–water partition coefficient (Wildman–Crippen LogP) is 4.39. The van der Waals surface area contributed by atoms with Crippen LogP contribution in [0.4, 0.5) is 17.1 Å². The smallest absolute Gasteiger partial charge is 0.257 e. The monoisotopic (exact) mass is 303 g/mol. The Morgan fingerprint density at radius 2 is 1.70 bits per heavy atom. The summed E-state index contributed by atoms with van der Waals surface area (Å²) in [4.78, 5) is 16.0. The zero-order chi connectivity index (χ0) is 16.1. The van der Waals surface area contributed by atoms with Gasteiger partial charge in [0.05, 0.1) is 5.56 Å². The number of carbonyl (C=O) groups is 1. The number of nitrogens with zero attached hydrogens (tertiary/aromatic N) is 1. The highest BCUT2D eigenvalue weighted by Gasteiger charge is 2.05. The molecule has 23 heavy (non-hydrogen) atoms. The lowest BCUT2D eigenvalue weighted by Crippen LogP contribution is -2.11. The highest BCUT2D eigenvalue weighted by molar-refractivity contribution is 6.04. The maximum absolute atomic E-state index is 12.1. The van der Waals surface area contributed by atoms with Crippen LogP contribution in [0.1, 0.15) is 15.9 Å². The lowest BCUT2D eigenvalue weighted by Gasteiger charge is -2.09. The summed E-state index contributed by atoms with van der Waals surface area (Å²) in [7, 11) is 0. The minimum atomic E-state index is -0.169. The standard InChI is InChI=1S/C19H17N3O/c1-14-4-2-6-18(12-14)21-16-7-9-17(10-8-16)22-19(23)15-5-3-11-20-13-15/h2-13,21H,1H3,(H,22,23). The Hall–Kier alpha value is -3.14. The zero-order valence-corrected chi connectivity index (χ0v) is 12.8. The fraction of sp³-hybridized carbons (Fsp3) is 0.0526. The van der Waals surface area contributed by atoms with Gasteiger partial charge in [-0.05, 0) is 61.0 Å². The van der Waals surface area contributed by atoms with E-state index in [-0.39, 0.29) is 5.91 Å². The first-order chi connectivity index (χ1) is 11.2. The summed E-state index contributed by atoms with van der Waals surface area (Å²) in [5.41, 5.74) is 4.49. The Morgan fingerprint density at radius 3 is 2.39 bits per heavy atom. The molecule has 0 saturated heterocycles. The van der Waals surface area contributed by atoms with Gasteiger partial charge in [0.1, 0.15) is 0 Å². The van der Waals surface area contributed by atoms with E-state index in [1.807, 2.05) is 36.4 Å². The number of pyridine rings is 1. The summed E-state index contributed by atoms with van der Waals surface area (Å²) < 4.78 is 0. The number of anilines is 3. The van der Waals surface area contributed by atoms with Gasteiger partial charge in [-0.3, -0.25) is 9.78 Å². The van der Waals surface area contributed by atoms with Crippen LogP contribution in [0.5, 0.6) is 0 Å². The lowest BCUT2D eigenvalue weighted by atomic mass is 10.2. The van der Waals surface area contributed by atoms with Crippen LogP contribution in [0.2, 0.25) is 0 Å². The summed E-state index contributed by atoms with van der Waals surface area (Å²) in [6, 6.07) is 19.2. The normalized spacial score (nSPS) is 10.1. The molecule has 3 rings (SSSR count). The first-order valence-corrected chi connectivity index (χ1v) is 7.36. The molecule has 0 aliphatic rings. The summed E-state index contributed by atoms with van der Waals surface area (Å²) in [5, 5.41) is 6.19. The van der Waals surface area contributed by atoms with E-state index in [1.165, 1.54) is 5.56 Å². The molecule has 0 aliphatic heterocycles. The van der Waals surface area contributed by atoms with Gasteiger partial charge in [0.25, 0.3) is 5.91 Å². The van der Waals surface area contributed by atoms with Crippen molar-refractivity contribution in [2.24, 2.45) is 0 Å². The van der Waals surface area contributed by atoms with E-state index in [4.69, 9.17) is 0 Å². The van der Waals surface area contributed by atoms with E-state index in [9.17, 15) is 4.79 Å². The van der Waals surface area contributed by atoms with Crippen LogP contribution >= 0.6 is 0 Å². The fourth-order valence-electron chi connectivity index (χ4n) is 2.23.